The van der Waals surface area contributed by atoms with Gasteiger partial charge < -0.3 is 0 Å². The molecule has 0 bridgehead atoms. The molecule has 0 amide bonds. The molecule has 0 saturated carbocycles. The first-order chi connectivity index (χ1) is 4.79. The number of nitrogens with zero attached hydrogens (tertiary/aromatic N) is 2. The molecule has 10 heavy (non-hydrogen) atoms. The van der Waals surface area contributed by atoms with Crippen LogP contribution in [-0.2, 0) is 11.2 Å². The fourth-order valence-electron chi connectivity index (χ4n) is 0.564. The lowest BCUT2D eigenvalue weighted by molar-refractivity contribution is -0.111. The van der Waals surface area contributed by atoms with E-state index in [9.17, 15) is 4.79 Å². The highest BCUT2D eigenvalue weighted by molar-refractivity contribution is 6.63. The van der Waals surface area contributed by atoms with Crippen molar-refractivity contribution in [3.63, 3.8) is 0 Å². The number of carbonyl (C=O) groups excluding carboxylic acids is 1. The van der Waals surface area contributed by atoms with Gasteiger partial charge in [0.25, 0.3) is 0 Å². The molecule has 0 fully saturated rings. The molecule has 1 aromatic rings. The molecule has 0 unspecified atom stereocenters. The number of hydrogen-bond acceptors (Lipinski definition) is 3. The fraction of sp³-hybridized carbons (Fsp3) is 0.167. The summed E-state index contributed by atoms with van der Waals surface area (Å²) in [5.41, 5.74) is 0.600. The molecule has 0 spiro atoms. The molecule has 0 radical (unpaired) electrons. The maximum absolute atomic E-state index is 10.3. The Hall–Kier alpha value is -0.960. The Morgan fingerprint density at radius 1 is 1.60 bits per heavy atom. The Kier molecular flexibility index (Phi) is 2.34. The van der Waals surface area contributed by atoms with Crippen LogP contribution in [0.1, 0.15) is 5.69 Å². The number of halogens is 1. The van der Waals surface area contributed by atoms with Gasteiger partial charge in [-0.3, -0.25) is 14.8 Å². The number of hydrogen-bond donors (Lipinski definition) is 0. The minimum absolute atomic E-state index is 0.148. The van der Waals surface area contributed by atoms with E-state index in [1.165, 1.54) is 12.4 Å². The van der Waals surface area contributed by atoms with Crippen molar-refractivity contribution in [1.82, 2.24) is 9.97 Å². The minimum atomic E-state index is -0.416. The maximum atomic E-state index is 10.3. The first-order valence-corrected chi connectivity index (χ1v) is 3.10. The molecule has 52 valence electrons. The first kappa shape index (κ1) is 7.15. The Balaban J connectivity index is 2.67. The summed E-state index contributed by atoms with van der Waals surface area (Å²) < 4.78 is 0. The second-order valence-electron chi connectivity index (χ2n) is 1.73. The average Bonchev–Trinajstić information content (AvgIpc) is 1.88. The van der Waals surface area contributed by atoms with Gasteiger partial charge in [0.05, 0.1) is 12.1 Å². The lowest BCUT2D eigenvalue weighted by atomic mass is 10.3. The summed E-state index contributed by atoms with van der Waals surface area (Å²) in [5.74, 6) is 0. The Morgan fingerprint density at radius 3 is 2.90 bits per heavy atom. The zero-order chi connectivity index (χ0) is 7.40. The van der Waals surface area contributed by atoms with Gasteiger partial charge in [-0.1, -0.05) is 0 Å². The van der Waals surface area contributed by atoms with Crippen LogP contribution in [0, 0.1) is 0 Å². The van der Waals surface area contributed by atoms with E-state index in [1.807, 2.05) is 0 Å². The topological polar surface area (TPSA) is 42.9 Å². The highest BCUT2D eigenvalue weighted by Gasteiger charge is 1.98. The van der Waals surface area contributed by atoms with Crippen LogP contribution in [0.3, 0.4) is 0 Å². The molecule has 0 aliphatic rings. The minimum Gasteiger partial charge on any atom is -0.281 e. The highest BCUT2D eigenvalue weighted by atomic mass is 35.5. The zero-order valence-corrected chi connectivity index (χ0v) is 5.88. The molecule has 0 atom stereocenters. The molecule has 3 nitrogen and oxygen atoms in total. The van der Waals surface area contributed by atoms with Crippen LogP contribution in [0.5, 0.6) is 0 Å². The number of aromatic nitrogens is 2. The van der Waals surface area contributed by atoms with Crippen LogP contribution in [-0.4, -0.2) is 15.2 Å². The molecule has 0 saturated heterocycles. The van der Waals surface area contributed by atoms with E-state index in [-0.39, 0.29) is 6.42 Å². The zero-order valence-electron chi connectivity index (χ0n) is 5.12. The maximum Gasteiger partial charge on any atom is 0.227 e. The second kappa shape index (κ2) is 3.27. The van der Waals surface area contributed by atoms with Crippen LogP contribution in [0.4, 0.5) is 0 Å². The quantitative estimate of drug-likeness (QED) is 0.595. The van der Waals surface area contributed by atoms with Gasteiger partial charge in [0, 0.05) is 18.6 Å². The smallest absolute Gasteiger partial charge is 0.227 e. The van der Waals surface area contributed by atoms with Crippen LogP contribution >= 0.6 is 11.6 Å². The lowest BCUT2D eigenvalue weighted by Gasteiger charge is -1.90. The van der Waals surface area contributed by atoms with Crippen molar-refractivity contribution in [3.05, 3.63) is 24.3 Å². The predicted molar refractivity (Wildman–Crippen MR) is 36.6 cm³/mol. The molecule has 0 aromatic carbocycles. The van der Waals surface area contributed by atoms with Gasteiger partial charge in [0.15, 0.2) is 0 Å². The lowest BCUT2D eigenvalue weighted by Crippen LogP contribution is -1.96. The Bertz CT molecular complexity index is 224. The summed E-state index contributed by atoms with van der Waals surface area (Å²) in [5, 5.41) is -0.416. The summed E-state index contributed by atoms with van der Waals surface area (Å²) >= 11 is 5.11. The van der Waals surface area contributed by atoms with E-state index in [1.54, 1.807) is 6.20 Å². The van der Waals surface area contributed by atoms with Crippen molar-refractivity contribution < 1.29 is 4.79 Å². The molecular formula is C6H5ClN2O. The molecule has 4 heteroatoms. The molecule has 0 aliphatic heterocycles. The van der Waals surface area contributed by atoms with Crippen LogP contribution in [0.2, 0.25) is 0 Å². The van der Waals surface area contributed by atoms with E-state index in [0.29, 0.717) is 5.69 Å². The molecule has 1 heterocycles. The third kappa shape index (κ3) is 2.11. The first-order valence-electron chi connectivity index (χ1n) is 2.72. The van der Waals surface area contributed by atoms with Crippen molar-refractivity contribution in [2.75, 3.05) is 0 Å². The standard InChI is InChI=1S/C6H5ClN2O/c7-6(10)3-5-4-8-1-2-9-5/h1-2,4H,3H2. The van der Waals surface area contributed by atoms with E-state index < -0.39 is 5.24 Å². The van der Waals surface area contributed by atoms with Gasteiger partial charge in [-0.25, -0.2) is 0 Å². The van der Waals surface area contributed by atoms with Crippen LogP contribution in [0.15, 0.2) is 18.6 Å². The van der Waals surface area contributed by atoms with Crippen LogP contribution < -0.4 is 0 Å². The molecule has 1 aromatic heterocycles. The van der Waals surface area contributed by atoms with Gasteiger partial charge in [0.2, 0.25) is 5.24 Å². The van der Waals surface area contributed by atoms with E-state index in [0.717, 1.165) is 0 Å². The molecule has 1 rings (SSSR count). The van der Waals surface area contributed by atoms with Crippen molar-refractivity contribution in [2.24, 2.45) is 0 Å². The van der Waals surface area contributed by atoms with Crippen molar-refractivity contribution in [1.29, 1.82) is 0 Å². The summed E-state index contributed by atoms with van der Waals surface area (Å²) in [7, 11) is 0. The van der Waals surface area contributed by atoms with Gasteiger partial charge >= 0.3 is 0 Å². The molecule has 0 aliphatic carbocycles. The van der Waals surface area contributed by atoms with Crippen molar-refractivity contribution in [2.45, 2.75) is 6.42 Å². The van der Waals surface area contributed by atoms with Gasteiger partial charge in [0.1, 0.15) is 0 Å². The Labute approximate surface area is 63.1 Å². The Morgan fingerprint density at radius 2 is 2.40 bits per heavy atom. The second-order valence-corrected chi connectivity index (χ2v) is 2.15. The molecular weight excluding hydrogens is 152 g/mol. The largest absolute Gasteiger partial charge is 0.281 e. The summed E-state index contributed by atoms with van der Waals surface area (Å²) in [6.07, 6.45) is 4.73. The average molecular weight is 157 g/mol. The van der Waals surface area contributed by atoms with E-state index in [4.69, 9.17) is 11.6 Å². The molecule has 0 N–H and O–H groups in total. The third-order valence-corrected chi connectivity index (χ3v) is 1.07. The summed E-state index contributed by atoms with van der Waals surface area (Å²) in [6.45, 7) is 0. The van der Waals surface area contributed by atoms with E-state index >= 15 is 0 Å². The normalized spacial score (nSPS) is 9.30. The fourth-order valence-corrected chi connectivity index (χ4v) is 0.701. The highest BCUT2D eigenvalue weighted by Crippen LogP contribution is 1.94. The number of carbonyl (C=O) groups is 1. The summed E-state index contributed by atoms with van der Waals surface area (Å²) in [6, 6.07) is 0. The third-order valence-electron chi connectivity index (χ3n) is 0.937. The monoisotopic (exact) mass is 156 g/mol. The van der Waals surface area contributed by atoms with E-state index in [2.05, 4.69) is 9.97 Å². The van der Waals surface area contributed by atoms with Gasteiger partial charge in [-0.2, -0.15) is 0 Å². The van der Waals surface area contributed by atoms with Crippen molar-refractivity contribution in [3.8, 4) is 0 Å². The predicted octanol–water partition coefficient (Wildman–Crippen LogP) is 0.784. The SMILES string of the molecule is O=C(Cl)Cc1cnccn1. The van der Waals surface area contributed by atoms with Gasteiger partial charge in [-0.05, 0) is 11.6 Å². The summed E-state index contributed by atoms with van der Waals surface area (Å²) in [4.78, 5) is 17.9. The number of rotatable bonds is 2. The van der Waals surface area contributed by atoms with Crippen molar-refractivity contribution >= 4 is 16.8 Å². The van der Waals surface area contributed by atoms with Crippen LogP contribution in [0.25, 0.3) is 0 Å². The van der Waals surface area contributed by atoms with Gasteiger partial charge in [-0.15, -0.1) is 0 Å².